The predicted molar refractivity (Wildman–Crippen MR) is 190 cm³/mol. The number of pyridine rings is 2. The van der Waals surface area contributed by atoms with Gasteiger partial charge in [-0.25, -0.2) is 9.97 Å². The fraction of sp³-hybridized carbons (Fsp3) is 0.297. The molecule has 5 aromatic rings. The number of carbonyl (C=O) groups is 3. The number of anilines is 2. The van der Waals surface area contributed by atoms with Crippen LogP contribution in [0.3, 0.4) is 0 Å². The van der Waals surface area contributed by atoms with Crippen LogP contribution in [-0.4, -0.2) is 75.9 Å². The molecule has 51 heavy (non-hydrogen) atoms. The van der Waals surface area contributed by atoms with Crippen LogP contribution in [-0.2, 0) is 9.59 Å². The summed E-state index contributed by atoms with van der Waals surface area (Å²) in [7, 11) is 1.58. The van der Waals surface area contributed by atoms with Crippen LogP contribution in [0, 0.1) is 48.6 Å². The van der Waals surface area contributed by atoms with Crippen molar-refractivity contribution in [1.82, 2.24) is 30.2 Å². The molecule has 2 atom stereocenters. The van der Waals surface area contributed by atoms with Crippen LogP contribution in [0.5, 0.6) is 0 Å². The summed E-state index contributed by atoms with van der Waals surface area (Å²) in [5, 5.41) is 33.8. The van der Waals surface area contributed by atoms with E-state index in [0.717, 1.165) is 44.1 Å². The number of amides is 3. The van der Waals surface area contributed by atoms with Gasteiger partial charge in [0.1, 0.15) is 17.4 Å². The topological polar surface area (TPSA) is 193 Å². The maximum atomic E-state index is 12.4. The molecule has 0 radical (unpaired) electrons. The molecule has 3 aromatic heterocycles. The highest BCUT2D eigenvalue weighted by Gasteiger charge is 2.29. The largest absolute Gasteiger partial charge is 0.361 e. The second kappa shape index (κ2) is 14.9. The molecule has 0 unspecified atom stereocenters. The molecule has 0 bridgehead atoms. The molecular weight excluding hydrogens is 648 g/mol. The molecule has 2 aliphatic rings. The Morgan fingerprint density at radius 2 is 1.33 bits per heavy atom. The van der Waals surface area contributed by atoms with E-state index in [2.05, 4.69) is 43.5 Å². The summed E-state index contributed by atoms with van der Waals surface area (Å²) in [4.78, 5) is 48.2. The summed E-state index contributed by atoms with van der Waals surface area (Å²) in [5.74, 6) is 0.939. The smallest absolute Gasteiger partial charge is 0.251 e. The Morgan fingerprint density at radius 3 is 1.82 bits per heavy atom. The van der Waals surface area contributed by atoms with Crippen molar-refractivity contribution in [1.29, 1.82) is 10.5 Å². The van der Waals surface area contributed by atoms with Crippen molar-refractivity contribution in [3.05, 3.63) is 77.9 Å². The number of aromatic nitrogens is 3. The highest BCUT2D eigenvalue weighted by atomic mass is 16.5. The van der Waals surface area contributed by atoms with Gasteiger partial charge in [-0.15, -0.1) is 0 Å². The number of aryl methyl sites for hydroxylation is 2. The Labute approximate surface area is 294 Å². The summed E-state index contributed by atoms with van der Waals surface area (Å²) < 4.78 is 5.27. The molecule has 3 amide bonds. The van der Waals surface area contributed by atoms with Crippen molar-refractivity contribution in [3.63, 3.8) is 0 Å². The summed E-state index contributed by atoms with van der Waals surface area (Å²) in [6, 6.07) is 15.0. The van der Waals surface area contributed by atoms with Crippen molar-refractivity contribution >= 4 is 50.9 Å². The molecule has 7 rings (SSSR count). The van der Waals surface area contributed by atoms with E-state index in [0.29, 0.717) is 56.2 Å². The van der Waals surface area contributed by atoms with Gasteiger partial charge < -0.3 is 30.3 Å². The van der Waals surface area contributed by atoms with E-state index in [9.17, 15) is 14.4 Å². The summed E-state index contributed by atoms with van der Waals surface area (Å²) in [5.41, 5.74) is 3.40. The standard InChI is InChI=1S/C20H19N5O2.C17H17N5O2/c1-12-19(13(2)27-24-12)14-3-4-15-9-22-18(8-17(15)7-14)23-20(26)16-5-6-25(10-16)11-21;1-19-16(23)11-2-3-12-8-20-15(7-14(12)6-11)21-17(24)13-4-5-22(9-13)10-18/h3-4,7-9,16H,5-6,10H2,1-2H3,(H,22,23,26);2-3,6-8,13H,4-5,9H2,1H3,(H,19,23)(H,20,21,24)/t16-;13-/m00/s1. The second-order valence-corrected chi connectivity index (χ2v) is 12.6. The lowest BCUT2D eigenvalue weighted by atomic mass is 10.0. The quantitative estimate of drug-likeness (QED) is 0.212. The molecule has 2 saturated heterocycles. The van der Waals surface area contributed by atoms with Crippen molar-refractivity contribution in [3.8, 4) is 23.5 Å². The predicted octanol–water partition coefficient (Wildman–Crippen LogP) is 4.58. The molecule has 0 spiro atoms. The number of hydrogen-bond acceptors (Lipinski definition) is 11. The van der Waals surface area contributed by atoms with Gasteiger partial charge in [-0.3, -0.25) is 14.4 Å². The van der Waals surface area contributed by atoms with Crippen LogP contribution in [0.1, 0.15) is 34.7 Å². The zero-order valence-electron chi connectivity index (χ0n) is 28.4. The molecule has 14 nitrogen and oxygen atoms in total. The first-order valence-electron chi connectivity index (χ1n) is 16.5. The van der Waals surface area contributed by atoms with Gasteiger partial charge in [0.05, 0.1) is 17.5 Å². The molecule has 5 heterocycles. The Bertz CT molecular complexity index is 2200. The number of rotatable bonds is 6. The minimum absolute atomic E-state index is 0.0959. The highest BCUT2D eigenvalue weighted by molar-refractivity contribution is 6.00. The maximum Gasteiger partial charge on any atom is 0.251 e. The monoisotopic (exact) mass is 684 g/mol. The van der Waals surface area contributed by atoms with Crippen molar-refractivity contribution in [2.45, 2.75) is 26.7 Å². The third-order valence-electron chi connectivity index (χ3n) is 9.16. The molecule has 14 heteroatoms. The average molecular weight is 685 g/mol. The highest BCUT2D eigenvalue weighted by Crippen LogP contribution is 2.30. The number of hydrogen-bond donors (Lipinski definition) is 3. The van der Waals surface area contributed by atoms with E-state index < -0.39 is 0 Å². The number of carbonyl (C=O) groups excluding carboxylic acids is 3. The maximum absolute atomic E-state index is 12.4. The Kier molecular flexibility index (Phi) is 10.0. The van der Waals surface area contributed by atoms with E-state index >= 15 is 0 Å². The zero-order chi connectivity index (χ0) is 36.1. The Balaban J connectivity index is 0.000000177. The second-order valence-electron chi connectivity index (χ2n) is 12.6. The fourth-order valence-corrected chi connectivity index (χ4v) is 6.34. The van der Waals surface area contributed by atoms with Crippen LogP contribution in [0.2, 0.25) is 0 Å². The van der Waals surface area contributed by atoms with Crippen LogP contribution in [0.25, 0.3) is 32.7 Å². The SMILES string of the molecule is CNC(=O)c1ccc2cnc(NC(=O)[C@H]3CCN(C#N)C3)cc2c1.Cc1noc(C)c1-c1ccc2cnc(NC(=O)[C@H]3CCN(C#N)C3)cc2c1. The molecule has 2 aromatic carbocycles. The molecular formula is C37H36N10O4. The average Bonchev–Trinajstić information content (AvgIpc) is 3.91. The Hall–Kier alpha value is -6.54. The minimum Gasteiger partial charge on any atom is -0.361 e. The zero-order valence-corrected chi connectivity index (χ0v) is 28.4. The van der Waals surface area contributed by atoms with Crippen LogP contribution in [0.15, 0.2) is 65.4 Å². The van der Waals surface area contributed by atoms with Gasteiger partial charge >= 0.3 is 0 Å². The molecule has 2 aliphatic heterocycles. The molecule has 0 saturated carbocycles. The summed E-state index contributed by atoms with van der Waals surface area (Å²) in [6.07, 6.45) is 8.90. The number of nitrogens with zero attached hydrogens (tertiary/aromatic N) is 7. The first-order chi connectivity index (χ1) is 24.6. The third kappa shape index (κ3) is 7.71. The van der Waals surface area contributed by atoms with Gasteiger partial charge in [0.25, 0.3) is 5.91 Å². The van der Waals surface area contributed by atoms with Gasteiger partial charge in [-0.05, 0) is 73.4 Å². The van der Waals surface area contributed by atoms with Gasteiger partial charge in [0.2, 0.25) is 11.8 Å². The van der Waals surface area contributed by atoms with Crippen LogP contribution < -0.4 is 16.0 Å². The van der Waals surface area contributed by atoms with E-state index in [4.69, 9.17) is 15.0 Å². The summed E-state index contributed by atoms with van der Waals surface area (Å²) in [6.45, 7) is 5.95. The van der Waals surface area contributed by atoms with E-state index in [1.165, 1.54) is 0 Å². The molecule has 3 N–H and O–H groups in total. The van der Waals surface area contributed by atoms with E-state index in [-0.39, 0.29) is 29.6 Å². The fourth-order valence-electron chi connectivity index (χ4n) is 6.34. The number of fused-ring (bicyclic) bond motifs is 2. The number of benzene rings is 2. The van der Waals surface area contributed by atoms with E-state index in [1.54, 1.807) is 47.4 Å². The lowest BCUT2D eigenvalue weighted by molar-refractivity contribution is -0.120. The van der Waals surface area contributed by atoms with Crippen molar-refractivity contribution in [2.75, 3.05) is 43.9 Å². The lowest BCUT2D eigenvalue weighted by Gasteiger charge is -2.11. The van der Waals surface area contributed by atoms with Gasteiger partial charge in [-0.2, -0.15) is 10.5 Å². The normalized spacial score (nSPS) is 16.6. The molecule has 0 aliphatic carbocycles. The summed E-state index contributed by atoms with van der Waals surface area (Å²) >= 11 is 0. The number of nitriles is 2. The minimum atomic E-state index is -0.209. The van der Waals surface area contributed by atoms with Crippen LogP contribution in [0.4, 0.5) is 11.6 Å². The number of nitrogens with one attached hydrogen (secondary N) is 3. The molecule has 258 valence electrons. The first kappa shape index (κ1) is 34.3. The van der Waals surface area contributed by atoms with Crippen molar-refractivity contribution in [2.24, 2.45) is 11.8 Å². The van der Waals surface area contributed by atoms with Gasteiger partial charge in [0, 0.05) is 67.5 Å². The third-order valence-corrected chi connectivity index (χ3v) is 9.16. The van der Waals surface area contributed by atoms with E-state index in [1.807, 2.05) is 44.2 Å². The number of likely N-dealkylation sites (tertiary alicyclic amines) is 2. The van der Waals surface area contributed by atoms with Gasteiger partial charge in [-0.1, -0.05) is 23.4 Å². The molecule has 2 fully saturated rings. The van der Waals surface area contributed by atoms with Crippen LogP contribution >= 0.6 is 0 Å². The van der Waals surface area contributed by atoms with Crippen molar-refractivity contribution < 1.29 is 18.9 Å². The first-order valence-corrected chi connectivity index (χ1v) is 16.5. The van der Waals surface area contributed by atoms with Gasteiger partial charge in [0.15, 0.2) is 12.4 Å². The lowest BCUT2D eigenvalue weighted by Crippen LogP contribution is -2.25. The Morgan fingerprint density at radius 1 is 0.784 bits per heavy atom.